The van der Waals surface area contributed by atoms with Crippen molar-refractivity contribution in [2.45, 2.75) is 19.4 Å². The summed E-state index contributed by atoms with van der Waals surface area (Å²) in [6, 6.07) is 12.6. The van der Waals surface area contributed by atoms with Crippen molar-refractivity contribution in [3.63, 3.8) is 0 Å². The van der Waals surface area contributed by atoms with Gasteiger partial charge in [-0.2, -0.15) is 0 Å². The first kappa shape index (κ1) is 16.7. The first-order chi connectivity index (χ1) is 11.5. The molecule has 0 radical (unpaired) electrons. The number of halogens is 1. The highest BCUT2D eigenvalue weighted by Crippen LogP contribution is 2.28. The quantitative estimate of drug-likeness (QED) is 0.760. The second-order valence-electron chi connectivity index (χ2n) is 5.56. The van der Waals surface area contributed by atoms with Gasteiger partial charge in [-0.25, -0.2) is 0 Å². The second kappa shape index (κ2) is 6.79. The number of amides is 1. The van der Waals surface area contributed by atoms with Crippen LogP contribution < -0.4 is 10.9 Å². The minimum atomic E-state index is -0.267. The normalized spacial score (nSPS) is 12.3. The zero-order chi connectivity index (χ0) is 17.3. The van der Waals surface area contributed by atoms with Gasteiger partial charge in [-0.3, -0.25) is 9.59 Å². The minimum absolute atomic E-state index is 0.128. The topological polar surface area (TPSA) is 51.1 Å². The van der Waals surface area contributed by atoms with E-state index in [1.54, 1.807) is 19.2 Å². The minimum Gasteiger partial charge on any atom is -0.343 e. The molecule has 0 saturated carbocycles. The van der Waals surface area contributed by atoms with Crippen molar-refractivity contribution in [1.29, 1.82) is 0 Å². The molecular formula is C18H17ClN2O2S. The fraction of sp³-hybridized carbons (Fsp3) is 0.222. The SMILES string of the molecule is CCC(NC(=O)c1cc2ccccc2c(=O)n1C)c1ccc(Cl)s1. The first-order valence-corrected chi connectivity index (χ1v) is 8.85. The van der Waals surface area contributed by atoms with Gasteiger partial charge in [-0.05, 0) is 36.1 Å². The highest BCUT2D eigenvalue weighted by atomic mass is 35.5. The molecular weight excluding hydrogens is 344 g/mol. The summed E-state index contributed by atoms with van der Waals surface area (Å²) in [5.74, 6) is -0.267. The lowest BCUT2D eigenvalue weighted by atomic mass is 10.1. The molecule has 124 valence electrons. The summed E-state index contributed by atoms with van der Waals surface area (Å²) in [5, 5.41) is 4.37. The number of rotatable bonds is 4. The molecule has 6 heteroatoms. The standard InChI is InChI=1S/C18H17ClN2O2S/c1-3-13(15-8-9-16(19)24-15)20-17(22)14-10-11-6-4-5-7-12(11)18(23)21(14)2/h4-10,13H,3H2,1-2H3,(H,20,22). The molecule has 0 fully saturated rings. The monoisotopic (exact) mass is 360 g/mol. The molecule has 1 unspecified atom stereocenters. The molecule has 0 bridgehead atoms. The summed E-state index contributed by atoms with van der Waals surface area (Å²) in [5.41, 5.74) is 0.172. The lowest BCUT2D eigenvalue weighted by Crippen LogP contribution is -2.33. The van der Waals surface area contributed by atoms with Crippen molar-refractivity contribution in [1.82, 2.24) is 9.88 Å². The van der Waals surface area contributed by atoms with Crippen LogP contribution in [0.1, 0.15) is 34.8 Å². The molecule has 1 amide bonds. The average Bonchev–Trinajstić information content (AvgIpc) is 3.02. The van der Waals surface area contributed by atoms with Gasteiger partial charge in [-0.1, -0.05) is 36.7 Å². The van der Waals surface area contributed by atoms with Gasteiger partial charge in [0, 0.05) is 17.3 Å². The number of benzene rings is 1. The Hall–Kier alpha value is -2.11. The predicted molar refractivity (Wildman–Crippen MR) is 99.0 cm³/mol. The van der Waals surface area contributed by atoms with Gasteiger partial charge in [0.1, 0.15) is 5.69 Å². The van der Waals surface area contributed by atoms with Gasteiger partial charge in [-0.15, -0.1) is 11.3 Å². The molecule has 1 N–H and O–H groups in total. The van der Waals surface area contributed by atoms with E-state index < -0.39 is 0 Å². The van der Waals surface area contributed by atoms with E-state index in [2.05, 4.69) is 5.32 Å². The first-order valence-electron chi connectivity index (χ1n) is 7.66. The average molecular weight is 361 g/mol. The molecule has 0 spiro atoms. The van der Waals surface area contributed by atoms with Gasteiger partial charge in [0.05, 0.1) is 10.4 Å². The smallest absolute Gasteiger partial charge is 0.268 e. The molecule has 2 heterocycles. The van der Waals surface area contributed by atoms with Crippen molar-refractivity contribution >= 4 is 39.6 Å². The van der Waals surface area contributed by atoms with Crippen LogP contribution in [-0.4, -0.2) is 10.5 Å². The molecule has 24 heavy (non-hydrogen) atoms. The number of pyridine rings is 1. The number of nitrogens with zero attached hydrogens (tertiary/aromatic N) is 1. The summed E-state index contributed by atoms with van der Waals surface area (Å²) < 4.78 is 2.09. The van der Waals surface area contributed by atoms with E-state index in [0.717, 1.165) is 16.7 Å². The van der Waals surface area contributed by atoms with Crippen molar-refractivity contribution in [3.8, 4) is 0 Å². The predicted octanol–water partition coefficient (Wildman–Crippen LogP) is 4.13. The Morgan fingerprint density at radius 2 is 2.04 bits per heavy atom. The largest absolute Gasteiger partial charge is 0.343 e. The number of fused-ring (bicyclic) bond motifs is 1. The summed E-state index contributed by atoms with van der Waals surface area (Å²) in [6.45, 7) is 2.00. The highest BCUT2D eigenvalue weighted by Gasteiger charge is 2.18. The van der Waals surface area contributed by atoms with Crippen LogP contribution >= 0.6 is 22.9 Å². The molecule has 4 nitrogen and oxygen atoms in total. The molecule has 3 aromatic rings. The highest BCUT2D eigenvalue weighted by molar-refractivity contribution is 7.16. The molecule has 1 atom stereocenters. The number of hydrogen-bond donors (Lipinski definition) is 1. The van der Waals surface area contributed by atoms with Gasteiger partial charge >= 0.3 is 0 Å². The van der Waals surface area contributed by atoms with Gasteiger partial charge in [0.25, 0.3) is 11.5 Å². The Balaban J connectivity index is 1.96. The molecule has 0 saturated heterocycles. The van der Waals surface area contributed by atoms with E-state index in [9.17, 15) is 9.59 Å². The summed E-state index contributed by atoms with van der Waals surface area (Å²) in [7, 11) is 1.62. The van der Waals surface area contributed by atoms with Gasteiger partial charge in [0.2, 0.25) is 0 Å². The van der Waals surface area contributed by atoms with E-state index in [1.165, 1.54) is 15.9 Å². The number of carbonyl (C=O) groups excluding carboxylic acids is 1. The van der Waals surface area contributed by atoms with Crippen LogP contribution in [-0.2, 0) is 7.05 Å². The molecule has 3 rings (SSSR count). The third-order valence-electron chi connectivity index (χ3n) is 4.03. The molecule has 0 aliphatic carbocycles. The molecule has 2 aromatic heterocycles. The Morgan fingerprint density at radius 1 is 1.29 bits per heavy atom. The third kappa shape index (κ3) is 3.09. The van der Waals surface area contributed by atoms with Crippen molar-refractivity contribution in [2.75, 3.05) is 0 Å². The molecule has 0 aliphatic rings. The maximum Gasteiger partial charge on any atom is 0.268 e. The van der Waals surface area contributed by atoms with E-state index in [0.29, 0.717) is 15.4 Å². The molecule has 1 aromatic carbocycles. The van der Waals surface area contributed by atoms with Crippen LogP contribution in [0.5, 0.6) is 0 Å². The molecule has 0 aliphatic heterocycles. The van der Waals surface area contributed by atoms with Crippen LogP contribution in [0.4, 0.5) is 0 Å². The third-order valence-corrected chi connectivity index (χ3v) is 5.38. The Kier molecular flexibility index (Phi) is 4.73. The number of aromatic nitrogens is 1. The van der Waals surface area contributed by atoms with Crippen LogP contribution in [0.25, 0.3) is 10.8 Å². The summed E-state index contributed by atoms with van der Waals surface area (Å²) >= 11 is 7.44. The van der Waals surface area contributed by atoms with E-state index >= 15 is 0 Å². The van der Waals surface area contributed by atoms with Crippen molar-refractivity contribution < 1.29 is 4.79 Å². The fourth-order valence-electron chi connectivity index (χ4n) is 2.69. The zero-order valence-corrected chi connectivity index (χ0v) is 14.9. The maximum atomic E-state index is 12.7. The van der Waals surface area contributed by atoms with Crippen LogP contribution in [0, 0.1) is 0 Å². The van der Waals surface area contributed by atoms with E-state index in [-0.39, 0.29) is 17.5 Å². The maximum absolute atomic E-state index is 12.7. The van der Waals surface area contributed by atoms with Gasteiger partial charge < -0.3 is 9.88 Å². The summed E-state index contributed by atoms with van der Waals surface area (Å²) in [6.07, 6.45) is 0.740. The lowest BCUT2D eigenvalue weighted by Gasteiger charge is -2.17. The Bertz CT molecular complexity index is 961. The Labute approximate surface area is 148 Å². The van der Waals surface area contributed by atoms with Crippen molar-refractivity contribution in [3.05, 3.63) is 67.7 Å². The van der Waals surface area contributed by atoms with Gasteiger partial charge in [0.15, 0.2) is 0 Å². The van der Waals surface area contributed by atoms with Crippen LogP contribution in [0.2, 0.25) is 4.34 Å². The lowest BCUT2D eigenvalue weighted by molar-refractivity contribution is 0.0927. The van der Waals surface area contributed by atoms with Crippen LogP contribution in [0.15, 0.2) is 47.3 Å². The van der Waals surface area contributed by atoms with E-state index in [4.69, 9.17) is 11.6 Å². The van der Waals surface area contributed by atoms with Crippen molar-refractivity contribution in [2.24, 2.45) is 7.05 Å². The van der Waals surface area contributed by atoms with E-state index in [1.807, 2.05) is 37.3 Å². The number of hydrogen-bond acceptors (Lipinski definition) is 3. The second-order valence-corrected chi connectivity index (χ2v) is 7.30. The fourth-order valence-corrected chi connectivity index (χ4v) is 3.89. The number of carbonyl (C=O) groups is 1. The zero-order valence-electron chi connectivity index (χ0n) is 13.4. The number of nitrogens with one attached hydrogen (secondary N) is 1. The Morgan fingerprint density at radius 3 is 2.71 bits per heavy atom. The summed E-state index contributed by atoms with van der Waals surface area (Å²) in [4.78, 5) is 26.2. The van der Waals surface area contributed by atoms with Crippen LogP contribution in [0.3, 0.4) is 0 Å². The number of thiophene rings is 1.